The molecule has 1 saturated carbocycles. The molecule has 1 aliphatic carbocycles. The summed E-state index contributed by atoms with van der Waals surface area (Å²) in [6.07, 6.45) is 3.69. The lowest BCUT2D eigenvalue weighted by Gasteiger charge is -2.40. The van der Waals surface area contributed by atoms with E-state index in [2.05, 4.69) is 20.8 Å². The number of esters is 1. The van der Waals surface area contributed by atoms with Crippen LogP contribution in [0.5, 0.6) is 0 Å². The molecule has 1 fully saturated rings. The number of ether oxygens (including phenoxy) is 1. The molecule has 4 nitrogen and oxygen atoms in total. The first kappa shape index (κ1) is 13.0. The minimum Gasteiger partial charge on any atom is -0.455 e. The molecule has 0 aromatic heterocycles. The van der Waals surface area contributed by atoms with Gasteiger partial charge in [0.25, 0.3) is 0 Å². The monoisotopic (exact) mass is 227 g/mol. The van der Waals surface area contributed by atoms with Crippen LogP contribution in [-0.4, -0.2) is 18.0 Å². The first-order valence-corrected chi connectivity index (χ1v) is 5.85. The van der Waals surface area contributed by atoms with Crippen molar-refractivity contribution in [2.24, 2.45) is 17.1 Å². The molecule has 0 aromatic rings. The first-order chi connectivity index (χ1) is 7.35. The van der Waals surface area contributed by atoms with Crippen LogP contribution in [0.3, 0.4) is 0 Å². The molecule has 92 valence electrons. The molecule has 2 atom stereocenters. The SMILES string of the molecule is CC(C)C1(C)CCCC(OC(=O)C(N)=O)C1. The van der Waals surface area contributed by atoms with Crippen LogP contribution in [0.25, 0.3) is 0 Å². The lowest BCUT2D eigenvalue weighted by atomic mass is 9.67. The molecule has 0 heterocycles. The maximum atomic E-state index is 11.1. The number of carbonyl (C=O) groups excluding carboxylic acids is 2. The topological polar surface area (TPSA) is 69.4 Å². The molecule has 2 unspecified atom stereocenters. The standard InChI is InChI=1S/C12H21NO3/c1-8(2)12(3)6-4-5-9(7-12)16-11(15)10(13)14/h8-9H,4-7H2,1-3H3,(H2,13,14). The Hall–Kier alpha value is -1.06. The summed E-state index contributed by atoms with van der Waals surface area (Å²) in [7, 11) is 0. The Morgan fingerprint density at radius 3 is 2.56 bits per heavy atom. The average molecular weight is 227 g/mol. The fourth-order valence-corrected chi connectivity index (χ4v) is 2.29. The normalized spacial score (nSPS) is 30.1. The maximum absolute atomic E-state index is 11.1. The van der Waals surface area contributed by atoms with Gasteiger partial charge in [-0.25, -0.2) is 4.79 Å². The van der Waals surface area contributed by atoms with E-state index in [0.717, 1.165) is 25.7 Å². The Bertz CT molecular complexity index is 288. The summed E-state index contributed by atoms with van der Waals surface area (Å²) in [6.45, 7) is 6.57. The van der Waals surface area contributed by atoms with E-state index in [4.69, 9.17) is 10.5 Å². The summed E-state index contributed by atoms with van der Waals surface area (Å²) in [6, 6.07) is 0. The second kappa shape index (κ2) is 4.85. The number of hydrogen-bond donors (Lipinski definition) is 1. The van der Waals surface area contributed by atoms with Gasteiger partial charge in [-0.05, 0) is 37.0 Å². The van der Waals surface area contributed by atoms with Gasteiger partial charge in [0.15, 0.2) is 0 Å². The van der Waals surface area contributed by atoms with Crippen molar-refractivity contribution in [3.8, 4) is 0 Å². The molecular formula is C12H21NO3. The Labute approximate surface area is 96.5 Å². The van der Waals surface area contributed by atoms with E-state index < -0.39 is 11.9 Å². The van der Waals surface area contributed by atoms with Crippen LogP contribution in [0.1, 0.15) is 46.5 Å². The molecule has 0 aliphatic heterocycles. The van der Waals surface area contributed by atoms with Crippen LogP contribution in [0.4, 0.5) is 0 Å². The highest BCUT2D eigenvalue weighted by atomic mass is 16.5. The Balaban J connectivity index is 2.57. The highest BCUT2D eigenvalue weighted by Crippen LogP contribution is 2.42. The van der Waals surface area contributed by atoms with Crippen LogP contribution in [0, 0.1) is 11.3 Å². The van der Waals surface area contributed by atoms with E-state index >= 15 is 0 Å². The third-order valence-electron chi connectivity index (χ3n) is 3.84. The average Bonchev–Trinajstić information content (AvgIpc) is 2.17. The van der Waals surface area contributed by atoms with Crippen molar-refractivity contribution in [2.45, 2.75) is 52.6 Å². The second-order valence-corrected chi connectivity index (χ2v) is 5.30. The maximum Gasteiger partial charge on any atom is 0.396 e. The third-order valence-corrected chi connectivity index (χ3v) is 3.84. The highest BCUT2D eigenvalue weighted by molar-refractivity contribution is 6.31. The zero-order valence-electron chi connectivity index (χ0n) is 10.3. The minimum atomic E-state index is -1.00. The van der Waals surface area contributed by atoms with E-state index in [0.29, 0.717) is 5.92 Å². The largest absolute Gasteiger partial charge is 0.455 e. The third kappa shape index (κ3) is 2.97. The van der Waals surface area contributed by atoms with Gasteiger partial charge < -0.3 is 10.5 Å². The molecule has 0 spiro atoms. The van der Waals surface area contributed by atoms with Crippen LogP contribution < -0.4 is 5.73 Å². The van der Waals surface area contributed by atoms with Gasteiger partial charge in [0, 0.05) is 0 Å². The molecule has 0 saturated heterocycles. The van der Waals surface area contributed by atoms with E-state index in [1.165, 1.54) is 0 Å². The number of rotatable bonds is 2. The van der Waals surface area contributed by atoms with Gasteiger partial charge in [-0.1, -0.05) is 20.8 Å². The predicted molar refractivity (Wildman–Crippen MR) is 60.5 cm³/mol. The molecule has 0 radical (unpaired) electrons. The minimum absolute atomic E-state index is 0.152. The van der Waals surface area contributed by atoms with Gasteiger partial charge >= 0.3 is 11.9 Å². The highest BCUT2D eigenvalue weighted by Gasteiger charge is 2.36. The van der Waals surface area contributed by atoms with Crippen molar-refractivity contribution in [3.63, 3.8) is 0 Å². The van der Waals surface area contributed by atoms with Gasteiger partial charge in [-0.2, -0.15) is 0 Å². The lowest BCUT2D eigenvalue weighted by Crippen LogP contribution is -2.37. The van der Waals surface area contributed by atoms with Gasteiger partial charge in [0.1, 0.15) is 6.10 Å². The molecule has 0 bridgehead atoms. The molecular weight excluding hydrogens is 206 g/mol. The number of hydrogen-bond acceptors (Lipinski definition) is 3. The van der Waals surface area contributed by atoms with Crippen LogP contribution >= 0.6 is 0 Å². The molecule has 4 heteroatoms. The summed E-state index contributed by atoms with van der Waals surface area (Å²) >= 11 is 0. The lowest BCUT2D eigenvalue weighted by molar-refractivity contribution is -0.160. The van der Waals surface area contributed by atoms with Crippen molar-refractivity contribution in [2.75, 3.05) is 0 Å². The van der Waals surface area contributed by atoms with Crippen molar-refractivity contribution >= 4 is 11.9 Å². The number of nitrogens with two attached hydrogens (primary N) is 1. The van der Waals surface area contributed by atoms with Crippen molar-refractivity contribution in [1.82, 2.24) is 0 Å². The van der Waals surface area contributed by atoms with Crippen molar-refractivity contribution in [1.29, 1.82) is 0 Å². The quantitative estimate of drug-likeness (QED) is 0.575. The smallest absolute Gasteiger partial charge is 0.396 e. The molecule has 16 heavy (non-hydrogen) atoms. The van der Waals surface area contributed by atoms with Crippen LogP contribution in [0.2, 0.25) is 0 Å². The second-order valence-electron chi connectivity index (χ2n) is 5.30. The summed E-state index contributed by atoms with van der Waals surface area (Å²) < 4.78 is 5.08. The van der Waals surface area contributed by atoms with Crippen LogP contribution in [0.15, 0.2) is 0 Å². The van der Waals surface area contributed by atoms with Gasteiger partial charge in [0.05, 0.1) is 0 Å². The summed E-state index contributed by atoms with van der Waals surface area (Å²) in [5.41, 5.74) is 5.06. The summed E-state index contributed by atoms with van der Waals surface area (Å²) in [5, 5.41) is 0. The summed E-state index contributed by atoms with van der Waals surface area (Å²) in [5.74, 6) is -1.36. The zero-order chi connectivity index (χ0) is 12.3. The molecule has 0 aromatic carbocycles. The predicted octanol–water partition coefficient (Wildman–Crippen LogP) is 1.62. The van der Waals surface area contributed by atoms with E-state index in [1.807, 2.05) is 0 Å². The first-order valence-electron chi connectivity index (χ1n) is 5.85. The number of primary amides is 1. The fraction of sp³-hybridized carbons (Fsp3) is 0.833. The molecule has 1 rings (SSSR count). The Morgan fingerprint density at radius 1 is 1.44 bits per heavy atom. The van der Waals surface area contributed by atoms with Crippen LogP contribution in [-0.2, 0) is 14.3 Å². The van der Waals surface area contributed by atoms with Gasteiger partial charge in [-0.3, -0.25) is 4.79 Å². The number of carbonyl (C=O) groups is 2. The molecule has 1 amide bonds. The fourth-order valence-electron chi connectivity index (χ4n) is 2.29. The molecule has 1 aliphatic rings. The van der Waals surface area contributed by atoms with E-state index in [9.17, 15) is 9.59 Å². The Kier molecular flexibility index (Phi) is 3.94. The number of amides is 1. The summed E-state index contributed by atoms with van der Waals surface area (Å²) in [4.78, 5) is 21.7. The van der Waals surface area contributed by atoms with E-state index in [1.54, 1.807) is 0 Å². The van der Waals surface area contributed by atoms with Gasteiger partial charge in [0.2, 0.25) is 0 Å². The van der Waals surface area contributed by atoms with E-state index in [-0.39, 0.29) is 11.5 Å². The van der Waals surface area contributed by atoms with Gasteiger partial charge in [-0.15, -0.1) is 0 Å². The Morgan fingerprint density at radius 2 is 2.06 bits per heavy atom. The van der Waals surface area contributed by atoms with Crippen molar-refractivity contribution in [3.05, 3.63) is 0 Å². The zero-order valence-corrected chi connectivity index (χ0v) is 10.3. The molecule has 2 N–H and O–H groups in total. The van der Waals surface area contributed by atoms with Crippen molar-refractivity contribution < 1.29 is 14.3 Å².